The average molecular weight is 367 g/mol. The van der Waals surface area contributed by atoms with Crippen LogP contribution in [0.1, 0.15) is 59.3 Å². The van der Waals surface area contributed by atoms with E-state index in [-0.39, 0.29) is 35.1 Å². The average Bonchev–Trinajstić information content (AvgIpc) is 2.97. The lowest BCUT2D eigenvalue weighted by Gasteiger charge is -2.57. The van der Waals surface area contributed by atoms with Gasteiger partial charge >= 0.3 is 0 Å². The second-order valence-electron chi connectivity index (χ2n) is 9.63. The van der Waals surface area contributed by atoms with Crippen LogP contribution in [0.4, 0.5) is 0 Å². The first kappa shape index (κ1) is 18.6. The first-order valence-electron chi connectivity index (χ1n) is 10.2. The van der Waals surface area contributed by atoms with Crippen molar-refractivity contribution in [2.24, 2.45) is 34.5 Å². The van der Waals surface area contributed by atoms with E-state index < -0.39 is 0 Å². The Kier molecular flexibility index (Phi) is 4.23. The van der Waals surface area contributed by atoms with Crippen LogP contribution in [0.15, 0.2) is 22.9 Å². The lowest BCUT2D eigenvalue weighted by atomic mass is 9.46. The van der Waals surface area contributed by atoms with Gasteiger partial charge in [-0.1, -0.05) is 25.0 Å². The third-order valence-corrected chi connectivity index (χ3v) is 8.43. The molecule has 0 aromatic rings. The Labute approximate surface area is 161 Å². The van der Waals surface area contributed by atoms with E-state index in [0.717, 1.165) is 37.0 Å². The Morgan fingerprint density at radius 2 is 2.00 bits per heavy atom. The number of hydrogen-bond acceptors (Lipinski definition) is 3. The van der Waals surface area contributed by atoms with E-state index in [1.165, 1.54) is 5.57 Å². The van der Waals surface area contributed by atoms with E-state index in [1.807, 2.05) is 6.92 Å². The van der Waals surface area contributed by atoms with E-state index in [2.05, 4.69) is 18.7 Å². The Hall–Kier alpha value is -1.73. The molecule has 0 aliphatic heterocycles. The van der Waals surface area contributed by atoms with Crippen LogP contribution in [0.25, 0.3) is 4.85 Å². The summed E-state index contributed by atoms with van der Waals surface area (Å²) in [5.74, 6) is 0.662. The van der Waals surface area contributed by atoms with Crippen molar-refractivity contribution in [1.29, 1.82) is 0 Å². The quantitative estimate of drug-likeness (QED) is 0.710. The second-order valence-corrected chi connectivity index (χ2v) is 9.63. The van der Waals surface area contributed by atoms with Crippen molar-refractivity contribution in [2.45, 2.75) is 59.3 Å². The van der Waals surface area contributed by atoms with Crippen LogP contribution in [-0.2, 0) is 9.59 Å². The van der Waals surface area contributed by atoms with Crippen LogP contribution in [0.2, 0.25) is 0 Å². The monoisotopic (exact) mass is 367 g/mol. The summed E-state index contributed by atoms with van der Waals surface area (Å²) < 4.78 is 0. The fraction of sp³-hybridized carbons (Fsp3) is 0.696. The number of aliphatic hydroxyl groups is 1. The Morgan fingerprint density at radius 1 is 1.26 bits per heavy atom. The van der Waals surface area contributed by atoms with Gasteiger partial charge in [0.2, 0.25) is 0 Å². The number of carbonyl (C=O) groups excluding carboxylic acids is 2. The fourth-order valence-electron chi connectivity index (χ4n) is 7.21. The lowest BCUT2D eigenvalue weighted by molar-refractivity contribution is -0.144. The maximum absolute atomic E-state index is 13.5. The molecule has 0 saturated heterocycles. The molecule has 0 amide bonds. The first-order chi connectivity index (χ1) is 12.8. The minimum Gasteiger partial charge on any atom is -0.396 e. The van der Waals surface area contributed by atoms with Gasteiger partial charge in [-0.2, -0.15) is 0 Å². The number of Topliss-reactive ketones (excluding diaryl/α,β-unsaturated/α-hetero) is 1. The molecular weight excluding hydrogens is 338 g/mol. The highest BCUT2D eigenvalue weighted by Crippen LogP contribution is 2.66. The number of carbonyl (C=O) groups is 2. The van der Waals surface area contributed by atoms with Crippen LogP contribution in [0.3, 0.4) is 0 Å². The molecule has 4 heteroatoms. The second kappa shape index (κ2) is 6.14. The van der Waals surface area contributed by atoms with Gasteiger partial charge in [0.15, 0.2) is 11.5 Å². The number of aliphatic hydroxyl groups excluding tert-OH is 1. The van der Waals surface area contributed by atoms with Crippen molar-refractivity contribution >= 4 is 11.6 Å². The molecule has 1 N–H and O–H groups in total. The maximum atomic E-state index is 13.5. The molecule has 6 atom stereocenters. The Bertz CT molecular complexity index is 816. The van der Waals surface area contributed by atoms with Crippen molar-refractivity contribution in [3.63, 3.8) is 0 Å². The number of nitrogens with zero attached hydrogens (tertiary/aromatic N) is 1. The Morgan fingerprint density at radius 3 is 2.67 bits per heavy atom. The molecule has 0 spiro atoms. The molecule has 3 saturated carbocycles. The molecule has 4 nitrogen and oxygen atoms in total. The van der Waals surface area contributed by atoms with Crippen LogP contribution in [0.5, 0.6) is 0 Å². The predicted octanol–water partition coefficient (Wildman–Crippen LogP) is 4.11. The summed E-state index contributed by atoms with van der Waals surface area (Å²) in [5.41, 5.74) is 2.63. The summed E-state index contributed by atoms with van der Waals surface area (Å²) in [6.45, 7) is 13.6. The molecule has 0 bridgehead atoms. The van der Waals surface area contributed by atoms with Crippen molar-refractivity contribution < 1.29 is 14.7 Å². The van der Waals surface area contributed by atoms with E-state index in [9.17, 15) is 14.7 Å². The summed E-state index contributed by atoms with van der Waals surface area (Å²) >= 11 is 0. The number of allylic oxidation sites excluding steroid dienone is 3. The van der Waals surface area contributed by atoms with E-state index >= 15 is 0 Å². The molecule has 144 valence electrons. The van der Waals surface area contributed by atoms with Crippen LogP contribution < -0.4 is 0 Å². The highest BCUT2D eigenvalue weighted by atomic mass is 16.3. The largest absolute Gasteiger partial charge is 0.396 e. The number of rotatable bonds is 1. The molecule has 0 heterocycles. The van der Waals surface area contributed by atoms with E-state index in [4.69, 9.17) is 6.57 Å². The molecule has 4 aliphatic rings. The highest BCUT2D eigenvalue weighted by Gasteiger charge is 2.61. The zero-order valence-electron chi connectivity index (χ0n) is 16.5. The summed E-state index contributed by atoms with van der Waals surface area (Å²) in [5, 5.41) is 9.67. The van der Waals surface area contributed by atoms with Crippen LogP contribution >= 0.6 is 0 Å². The van der Waals surface area contributed by atoms with Gasteiger partial charge < -0.3 is 5.11 Å². The molecule has 0 unspecified atom stereocenters. The zero-order chi connectivity index (χ0) is 19.6. The lowest BCUT2D eigenvalue weighted by Crippen LogP contribution is -2.55. The molecule has 0 radical (unpaired) electrons. The highest BCUT2D eigenvalue weighted by molar-refractivity contribution is 5.95. The molecular formula is C23H29NO3. The topological polar surface area (TPSA) is 58.7 Å². The minimum absolute atomic E-state index is 0.0234. The zero-order valence-corrected chi connectivity index (χ0v) is 16.5. The molecule has 27 heavy (non-hydrogen) atoms. The number of fused-ring (bicyclic) bond motifs is 5. The maximum Gasteiger partial charge on any atom is 0.162 e. The van der Waals surface area contributed by atoms with Gasteiger partial charge in [0.25, 0.3) is 0 Å². The van der Waals surface area contributed by atoms with E-state index in [1.54, 1.807) is 6.08 Å². The van der Waals surface area contributed by atoms with Gasteiger partial charge in [-0.3, -0.25) is 9.59 Å². The SMILES string of the molecule is [C-]#[N+]/C(C)=C1/CC[C@H]2[C@@H]3CCC4=CC(=O)[C@@H](CO)C[C@]4(C)[C@H]3C(=O)C[C@]12C. The molecule has 4 aliphatic carbocycles. The van der Waals surface area contributed by atoms with Gasteiger partial charge in [-0.25, -0.2) is 4.85 Å². The molecule has 0 aromatic carbocycles. The number of hydrogen-bond donors (Lipinski definition) is 1. The standard InChI is InChI=1S/C23H29NO3/c1-13(24-4)17-7-8-18-16-6-5-15-9-19(26)14(12-25)10-22(15,2)21(16)20(27)11-23(17,18)3/h9,14,16,18,21,25H,5-8,10-12H2,1-3H3/b17-13-/t14-,16+,18+,21-,22+,23-/m1/s1. The van der Waals surface area contributed by atoms with Gasteiger partial charge in [-0.15, -0.1) is 0 Å². The summed E-state index contributed by atoms with van der Waals surface area (Å²) in [6.07, 6.45) is 6.68. The summed E-state index contributed by atoms with van der Waals surface area (Å²) in [4.78, 5) is 29.5. The molecule has 0 aromatic heterocycles. The Balaban J connectivity index is 1.76. The van der Waals surface area contributed by atoms with Gasteiger partial charge in [0.1, 0.15) is 5.78 Å². The van der Waals surface area contributed by atoms with Crippen LogP contribution in [-0.4, -0.2) is 23.3 Å². The van der Waals surface area contributed by atoms with Gasteiger partial charge in [0, 0.05) is 18.3 Å². The van der Waals surface area contributed by atoms with Gasteiger partial charge in [0.05, 0.1) is 13.2 Å². The fourth-order valence-corrected chi connectivity index (χ4v) is 7.21. The normalized spacial score (nSPS) is 45.4. The number of ketones is 2. The smallest absolute Gasteiger partial charge is 0.162 e. The first-order valence-corrected chi connectivity index (χ1v) is 10.2. The van der Waals surface area contributed by atoms with Crippen molar-refractivity contribution in [1.82, 2.24) is 0 Å². The predicted molar refractivity (Wildman–Crippen MR) is 102 cm³/mol. The third-order valence-electron chi connectivity index (χ3n) is 8.43. The third kappa shape index (κ3) is 2.44. The summed E-state index contributed by atoms with van der Waals surface area (Å²) in [7, 11) is 0. The van der Waals surface area contributed by atoms with Crippen molar-refractivity contribution in [3.8, 4) is 0 Å². The summed E-state index contributed by atoms with van der Waals surface area (Å²) in [6, 6.07) is 0. The molecule has 3 fully saturated rings. The van der Waals surface area contributed by atoms with Gasteiger partial charge in [-0.05, 0) is 67.8 Å². The van der Waals surface area contributed by atoms with E-state index in [0.29, 0.717) is 30.5 Å². The van der Waals surface area contributed by atoms with Crippen molar-refractivity contribution in [2.75, 3.05) is 6.61 Å². The van der Waals surface area contributed by atoms with Crippen molar-refractivity contribution in [3.05, 3.63) is 34.3 Å². The minimum atomic E-state index is -0.373. The van der Waals surface area contributed by atoms with Crippen LogP contribution in [0, 0.1) is 41.1 Å². The molecule has 4 rings (SSSR count).